The van der Waals surface area contributed by atoms with Crippen LogP contribution in [0.25, 0.3) is 21.2 Å². The van der Waals surface area contributed by atoms with Crippen LogP contribution >= 0.6 is 0 Å². The lowest BCUT2D eigenvalue weighted by Gasteiger charge is -2.03. The summed E-state index contributed by atoms with van der Waals surface area (Å²) in [7, 11) is 0. The molecule has 0 fully saturated rings. The topological polar surface area (TPSA) is 99.0 Å². The van der Waals surface area contributed by atoms with Crippen LogP contribution in [0.2, 0.25) is 0 Å². The minimum absolute atomic E-state index is 0.161. The summed E-state index contributed by atoms with van der Waals surface area (Å²) in [4.78, 5) is 17.5. The van der Waals surface area contributed by atoms with E-state index in [-0.39, 0.29) is 5.56 Å². The van der Waals surface area contributed by atoms with Crippen molar-refractivity contribution in [2.75, 3.05) is 0 Å². The van der Waals surface area contributed by atoms with E-state index in [0.29, 0.717) is 16.5 Å². The Balaban J connectivity index is 2.87. The van der Waals surface area contributed by atoms with Crippen molar-refractivity contribution >= 4 is 22.4 Å². The number of nitrogens with zero attached hydrogens (tertiary/aromatic N) is 4. The van der Waals surface area contributed by atoms with Crippen LogP contribution in [0.4, 0.5) is 5.69 Å². The highest BCUT2D eigenvalue weighted by Gasteiger charge is 2.10. The molecular weight excluding hydrogens is 208 g/mol. The predicted octanol–water partition coefficient (Wildman–Crippen LogP) is 2.87. The third-order valence-electron chi connectivity index (χ3n) is 2.18. The molecule has 6 nitrogen and oxygen atoms in total. The number of carbonyl (C=O) groups is 1. The minimum atomic E-state index is -1.02. The molecule has 0 atom stereocenters. The van der Waals surface area contributed by atoms with Crippen LogP contribution in [0, 0.1) is 0 Å². The van der Waals surface area contributed by atoms with E-state index in [0.717, 1.165) is 0 Å². The molecular formula is C10H6N4O2. The van der Waals surface area contributed by atoms with Gasteiger partial charge in [0.05, 0.1) is 5.56 Å². The fourth-order valence-corrected chi connectivity index (χ4v) is 1.50. The summed E-state index contributed by atoms with van der Waals surface area (Å²) in [5.74, 6) is -1.02. The number of pyridine rings is 1. The average Bonchev–Trinajstić information content (AvgIpc) is 2.29. The van der Waals surface area contributed by atoms with Crippen LogP contribution in [0.5, 0.6) is 0 Å². The van der Waals surface area contributed by atoms with Crippen molar-refractivity contribution in [3.63, 3.8) is 0 Å². The number of aromatic carboxylic acids is 1. The maximum Gasteiger partial charge on any atom is 0.336 e. The van der Waals surface area contributed by atoms with Gasteiger partial charge in [-0.3, -0.25) is 4.98 Å². The number of benzene rings is 1. The van der Waals surface area contributed by atoms with Crippen LogP contribution in [0.3, 0.4) is 0 Å². The summed E-state index contributed by atoms with van der Waals surface area (Å²) in [5.41, 5.74) is 8.91. The Morgan fingerprint density at radius 1 is 1.38 bits per heavy atom. The Bertz CT molecular complexity index is 577. The molecule has 0 aliphatic heterocycles. The fourth-order valence-electron chi connectivity index (χ4n) is 1.50. The molecule has 16 heavy (non-hydrogen) atoms. The average molecular weight is 214 g/mol. The van der Waals surface area contributed by atoms with Gasteiger partial charge in [-0.15, -0.1) is 0 Å². The number of carboxylic acid groups (broad SMARTS) is 1. The second-order valence-electron chi connectivity index (χ2n) is 3.05. The lowest BCUT2D eigenvalue weighted by atomic mass is 10.1. The number of aromatic nitrogens is 1. The van der Waals surface area contributed by atoms with Crippen LogP contribution in [-0.4, -0.2) is 16.1 Å². The molecule has 1 aromatic heterocycles. The zero-order chi connectivity index (χ0) is 11.5. The zero-order valence-electron chi connectivity index (χ0n) is 8.03. The van der Waals surface area contributed by atoms with E-state index >= 15 is 0 Å². The molecule has 1 heterocycles. The third kappa shape index (κ3) is 1.53. The summed E-state index contributed by atoms with van der Waals surface area (Å²) in [6.07, 6.45) is 2.97. The van der Waals surface area contributed by atoms with Crippen LogP contribution < -0.4 is 0 Å². The molecule has 0 amide bonds. The quantitative estimate of drug-likeness (QED) is 0.472. The van der Waals surface area contributed by atoms with Gasteiger partial charge in [0, 0.05) is 28.4 Å². The summed E-state index contributed by atoms with van der Waals surface area (Å²) >= 11 is 0. The molecule has 0 saturated carbocycles. The van der Waals surface area contributed by atoms with Crippen molar-refractivity contribution in [1.82, 2.24) is 4.98 Å². The lowest BCUT2D eigenvalue weighted by Crippen LogP contribution is -1.97. The van der Waals surface area contributed by atoms with Gasteiger partial charge in [-0.05, 0) is 23.1 Å². The number of hydrogen-bond acceptors (Lipinski definition) is 3. The van der Waals surface area contributed by atoms with E-state index in [1.807, 2.05) is 0 Å². The van der Waals surface area contributed by atoms with Gasteiger partial charge in [0.1, 0.15) is 0 Å². The number of carboxylic acids is 1. The third-order valence-corrected chi connectivity index (χ3v) is 2.18. The van der Waals surface area contributed by atoms with E-state index in [4.69, 9.17) is 10.6 Å². The van der Waals surface area contributed by atoms with E-state index < -0.39 is 5.97 Å². The highest BCUT2D eigenvalue weighted by Crippen LogP contribution is 2.28. The molecule has 0 unspecified atom stereocenters. The van der Waals surface area contributed by atoms with Gasteiger partial charge in [0.2, 0.25) is 0 Å². The molecule has 78 valence electrons. The van der Waals surface area contributed by atoms with Gasteiger partial charge >= 0.3 is 5.97 Å². The Morgan fingerprint density at radius 3 is 2.88 bits per heavy atom. The SMILES string of the molecule is [N-]=[N+]=Nc1ccc(C(=O)O)c2ccncc12. The Morgan fingerprint density at radius 2 is 2.19 bits per heavy atom. The van der Waals surface area contributed by atoms with Crippen molar-refractivity contribution in [3.05, 3.63) is 46.6 Å². The first-order valence-corrected chi connectivity index (χ1v) is 4.39. The molecule has 0 bridgehead atoms. The number of rotatable bonds is 2. The first kappa shape index (κ1) is 9.95. The fraction of sp³-hybridized carbons (Fsp3) is 0. The van der Waals surface area contributed by atoms with Crippen LogP contribution in [0.15, 0.2) is 35.7 Å². The molecule has 2 aromatic rings. The number of fused-ring (bicyclic) bond motifs is 1. The molecule has 0 saturated heterocycles. The highest BCUT2D eigenvalue weighted by atomic mass is 16.4. The van der Waals surface area contributed by atoms with Gasteiger partial charge in [-0.1, -0.05) is 11.2 Å². The normalized spacial score (nSPS) is 9.75. The lowest BCUT2D eigenvalue weighted by molar-refractivity contribution is 0.0699. The van der Waals surface area contributed by atoms with Crippen molar-refractivity contribution < 1.29 is 9.90 Å². The summed E-state index contributed by atoms with van der Waals surface area (Å²) in [6, 6.07) is 4.46. The molecule has 0 aliphatic rings. The van der Waals surface area contributed by atoms with Gasteiger partial charge in [-0.25, -0.2) is 4.79 Å². The second-order valence-corrected chi connectivity index (χ2v) is 3.05. The van der Waals surface area contributed by atoms with E-state index in [2.05, 4.69) is 15.0 Å². The Labute approximate surface area is 89.8 Å². The van der Waals surface area contributed by atoms with Crippen LogP contribution in [0.1, 0.15) is 10.4 Å². The standard InChI is InChI=1S/C10H6N4O2/c11-14-13-9-2-1-7(10(15)16)6-3-4-12-5-8(6)9/h1-5H,(H,15,16). The van der Waals surface area contributed by atoms with E-state index in [1.54, 1.807) is 6.07 Å². The van der Waals surface area contributed by atoms with Gasteiger partial charge in [0.25, 0.3) is 0 Å². The maximum absolute atomic E-state index is 11.0. The summed E-state index contributed by atoms with van der Waals surface area (Å²) in [5, 5.41) is 13.5. The van der Waals surface area contributed by atoms with Gasteiger partial charge < -0.3 is 5.11 Å². The molecule has 1 aromatic carbocycles. The molecule has 2 rings (SSSR count). The number of azide groups is 1. The predicted molar refractivity (Wildman–Crippen MR) is 57.5 cm³/mol. The largest absolute Gasteiger partial charge is 0.478 e. The zero-order valence-corrected chi connectivity index (χ0v) is 8.03. The van der Waals surface area contributed by atoms with E-state index in [9.17, 15) is 4.79 Å². The van der Waals surface area contributed by atoms with Crippen LogP contribution in [-0.2, 0) is 0 Å². The van der Waals surface area contributed by atoms with Crippen molar-refractivity contribution in [2.45, 2.75) is 0 Å². The molecule has 0 spiro atoms. The summed E-state index contributed by atoms with van der Waals surface area (Å²) < 4.78 is 0. The van der Waals surface area contributed by atoms with Gasteiger partial charge in [-0.2, -0.15) is 0 Å². The van der Waals surface area contributed by atoms with Gasteiger partial charge in [0.15, 0.2) is 0 Å². The van der Waals surface area contributed by atoms with E-state index in [1.165, 1.54) is 24.5 Å². The number of hydrogen-bond donors (Lipinski definition) is 1. The first-order chi connectivity index (χ1) is 7.74. The Kier molecular flexibility index (Phi) is 2.41. The van der Waals surface area contributed by atoms with Crippen molar-refractivity contribution in [2.24, 2.45) is 5.11 Å². The van der Waals surface area contributed by atoms with Crippen molar-refractivity contribution in [3.8, 4) is 0 Å². The smallest absolute Gasteiger partial charge is 0.336 e. The minimum Gasteiger partial charge on any atom is -0.478 e. The molecule has 0 radical (unpaired) electrons. The Hall–Kier alpha value is -2.59. The molecule has 0 aliphatic carbocycles. The highest BCUT2D eigenvalue weighted by molar-refractivity contribution is 6.06. The monoisotopic (exact) mass is 214 g/mol. The molecule has 6 heteroatoms. The second kappa shape index (κ2) is 3.88. The van der Waals surface area contributed by atoms with Crippen molar-refractivity contribution in [1.29, 1.82) is 0 Å². The molecule has 1 N–H and O–H groups in total. The maximum atomic E-state index is 11.0. The summed E-state index contributed by atoms with van der Waals surface area (Å²) in [6.45, 7) is 0. The first-order valence-electron chi connectivity index (χ1n) is 4.39.